The zero-order valence-corrected chi connectivity index (χ0v) is 48.0. The van der Waals surface area contributed by atoms with Crippen LogP contribution in [0.15, 0.2) is 85.1 Å². The van der Waals surface area contributed by atoms with Gasteiger partial charge in [-0.05, 0) is 89.9 Å². The van der Waals surface area contributed by atoms with E-state index in [9.17, 15) is 19.0 Å². The van der Waals surface area contributed by atoms with E-state index in [4.69, 9.17) is 24.3 Å². The molecule has 0 amide bonds. The summed E-state index contributed by atoms with van der Waals surface area (Å²) >= 11 is 0. The Labute approximate surface area is 449 Å². The summed E-state index contributed by atoms with van der Waals surface area (Å²) in [5.41, 5.74) is 5.38. The van der Waals surface area contributed by atoms with Crippen molar-refractivity contribution in [1.29, 1.82) is 0 Å². The molecule has 73 heavy (non-hydrogen) atoms. The average molecular weight is 1040 g/mol. The van der Waals surface area contributed by atoms with Crippen molar-refractivity contribution < 1.29 is 37.6 Å². The Morgan fingerprint density at radius 3 is 1.12 bits per heavy atom. The molecule has 0 aromatic carbocycles. The molecule has 0 heterocycles. The van der Waals surface area contributed by atoms with Gasteiger partial charge in [-0.1, -0.05) is 253 Å². The van der Waals surface area contributed by atoms with Crippen LogP contribution < -0.4 is 5.73 Å². The molecule has 0 bridgehead atoms. The topological polar surface area (TPSA) is 134 Å². The number of esters is 2. The van der Waals surface area contributed by atoms with Crippen LogP contribution in [0.4, 0.5) is 0 Å². The Balaban J connectivity index is 3.95. The molecule has 0 aliphatic rings. The second kappa shape index (κ2) is 58.5. The molecule has 2 atom stereocenters. The van der Waals surface area contributed by atoms with Crippen LogP contribution in [0.25, 0.3) is 0 Å². The highest BCUT2D eigenvalue weighted by atomic mass is 31.2. The number of phosphoric ester groups is 1. The van der Waals surface area contributed by atoms with Gasteiger partial charge in [-0.2, -0.15) is 0 Å². The van der Waals surface area contributed by atoms with E-state index in [0.717, 1.165) is 89.9 Å². The maximum atomic E-state index is 12.7. The first-order chi connectivity index (χ1) is 35.8. The molecular weight excluding hydrogens is 930 g/mol. The SMILES string of the molecule is CC/C=C\C/C=C\C/C=C\C/C=C\CCCCCCCCCCCCCCCCCCCCC(=O)OC(COC(=O)CCCCCCCC/C=C\C/C=C\C/C=C\CCCCCCC)COP(=O)(O)OCCN. The van der Waals surface area contributed by atoms with Crippen molar-refractivity contribution in [2.75, 3.05) is 26.4 Å². The van der Waals surface area contributed by atoms with Gasteiger partial charge in [0.25, 0.3) is 0 Å². The smallest absolute Gasteiger partial charge is 0.462 e. The van der Waals surface area contributed by atoms with Crippen molar-refractivity contribution in [2.24, 2.45) is 5.73 Å². The summed E-state index contributed by atoms with van der Waals surface area (Å²) in [5, 5.41) is 0. The second-order valence-corrected chi connectivity index (χ2v) is 21.3. The minimum Gasteiger partial charge on any atom is -0.462 e. The van der Waals surface area contributed by atoms with Gasteiger partial charge >= 0.3 is 19.8 Å². The zero-order chi connectivity index (χ0) is 53.1. The number of hydrogen-bond acceptors (Lipinski definition) is 8. The number of hydrogen-bond donors (Lipinski definition) is 2. The molecule has 2 unspecified atom stereocenters. The molecule has 0 saturated carbocycles. The van der Waals surface area contributed by atoms with E-state index >= 15 is 0 Å². The standard InChI is InChI=1S/C63H112NO8P/c1-3-5-7-9-11-13-15-17-19-21-23-25-26-27-28-29-30-31-32-33-34-36-38-40-42-44-46-48-50-52-54-56-63(66)72-61(60-71-73(67,68)70-58-57-64)59-69-62(65)55-53-51-49-47-45-43-41-39-37-35-24-22-20-18-16-14-12-10-8-6-4-2/h5,7,11,13,16-19,22-25,37,39,61H,3-4,6,8-10,12,14-15,20-21,26-36,38,40-60,64H2,1-2H3,(H,67,68)/b7-5-,13-11-,18-16-,19-17-,24-22-,25-23-,39-37-. The fraction of sp³-hybridized carbons (Fsp3) is 0.746. The monoisotopic (exact) mass is 1040 g/mol. The van der Waals surface area contributed by atoms with E-state index in [1.54, 1.807) is 0 Å². The minimum absolute atomic E-state index is 0.0492. The average Bonchev–Trinajstić information content (AvgIpc) is 3.38. The number of carbonyl (C=O) groups excluding carboxylic acids is 2. The zero-order valence-electron chi connectivity index (χ0n) is 47.1. The number of carbonyl (C=O) groups is 2. The van der Waals surface area contributed by atoms with Crippen molar-refractivity contribution in [2.45, 2.75) is 277 Å². The van der Waals surface area contributed by atoms with Gasteiger partial charge < -0.3 is 20.1 Å². The number of allylic oxidation sites excluding steroid dienone is 14. The summed E-state index contributed by atoms with van der Waals surface area (Å²) in [6, 6.07) is 0. The van der Waals surface area contributed by atoms with Crippen LogP contribution in [0.3, 0.4) is 0 Å². The third-order valence-corrected chi connectivity index (χ3v) is 13.7. The molecule has 0 aromatic rings. The molecule has 0 spiro atoms. The molecule has 0 radical (unpaired) electrons. The quantitative estimate of drug-likeness (QED) is 0.0264. The van der Waals surface area contributed by atoms with Crippen LogP contribution in [0, 0.1) is 0 Å². The highest BCUT2D eigenvalue weighted by molar-refractivity contribution is 7.47. The lowest BCUT2D eigenvalue weighted by atomic mass is 10.0. The van der Waals surface area contributed by atoms with Crippen LogP contribution in [0.5, 0.6) is 0 Å². The van der Waals surface area contributed by atoms with Crippen molar-refractivity contribution in [3.05, 3.63) is 85.1 Å². The molecule has 422 valence electrons. The Morgan fingerprint density at radius 2 is 0.753 bits per heavy atom. The lowest BCUT2D eigenvalue weighted by Crippen LogP contribution is -2.29. The highest BCUT2D eigenvalue weighted by Gasteiger charge is 2.26. The van der Waals surface area contributed by atoms with Crippen molar-refractivity contribution >= 4 is 19.8 Å². The summed E-state index contributed by atoms with van der Waals surface area (Å²) in [6.07, 6.45) is 76.4. The number of rotatable bonds is 56. The molecular formula is C63H112NO8P. The van der Waals surface area contributed by atoms with Crippen LogP contribution in [0.1, 0.15) is 271 Å². The predicted octanol–water partition coefficient (Wildman–Crippen LogP) is 19.1. The number of unbranched alkanes of at least 4 members (excludes halogenated alkanes) is 29. The maximum Gasteiger partial charge on any atom is 0.472 e. The van der Waals surface area contributed by atoms with Gasteiger partial charge in [0.2, 0.25) is 0 Å². The van der Waals surface area contributed by atoms with E-state index < -0.39 is 32.5 Å². The van der Waals surface area contributed by atoms with Crippen LogP contribution in [-0.2, 0) is 32.7 Å². The first kappa shape index (κ1) is 70.2. The van der Waals surface area contributed by atoms with E-state index in [-0.39, 0.29) is 32.6 Å². The van der Waals surface area contributed by atoms with Gasteiger partial charge in [-0.25, -0.2) is 4.57 Å². The van der Waals surface area contributed by atoms with E-state index in [1.165, 1.54) is 148 Å². The molecule has 0 fully saturated rings. The molecule has 0 aliphatic heterocycles. The lowest BCUT2D eigenvalue weighted by molar-refractivity contribution is -0.161. The molecule has 0 aromatic heterocycles. The van der Waals surface area contributed by atoms with E-state index in [0.29, 0.717) is 6.42 Å². The van der Waals surface area contributed by atoms with E-state index in [1.807, 2.05) is 0 Å². The predicted molar refractivity (Wildman–Crippen MR) is 312 cm³/mol. The van der Waals surface area contributed by atoms with Gasteiger partial charge in [0.05, 0.1) is 13.2 Å². The minimum atomic E-state index is -4.39. The van der Waals surface area contributed by atoms with Gasteiger partial charge in [0.15, 0.2) is 6.10 Å². The Morgan fingerprint density at radius 1 is 0.425 bits per heavy atom. The fourth-order valence-corrected chi connectivity index (χ4v) is 9.11. The largest absolute Gasteiger partial charge is 0.472 e. The molecule has 3 N–H and O–H groups in total. The molecule has 0 saturated heterocycles. The molecule has 9 nitrogen and oxygen atoms in total. The summed E-state index contributed by atoms with van der Waals surface area (Å²) in [6.45, 7) is 3.63. The van der Waals surface area contributed by atoms with Crippen molar-refractivity contribution in [1.82, 2.24) is 0 Å². The van der Waals surface area contributed by atoms with Gasteiger partial charge in [-0.3, -0.25) is 18.6 Å². The first-order valence-corrected chi connectivity index (χ1v) is 31.6. The maximum absolute atomic E-state index is 12.7. The first-order valence-electron chi connectivity index (χ1n) is 30.1. The Kier molecular flexibility index (Phi) is 56.2. The van der Waals surface area contributed by atoms with Crippen LogP contribution in [0.2, 0.25) is 0 Å². The molecule has 10 heteroatoms. The van der Waals surface area contributed by atoms with Gasteiger partial charge in [0, 0.05) is 19.4 Å². The summed E-state index contributed by atoms with van der Waals surface area (Å²) < 4.78 is 33.1. The highest BCUT2D eigenvalue weighted by Crippen LogP contribution is 2.43. The summed E-state index contributed by atoms with van der Waals surface area (Å²) in [4.78, 5) is 35.2. The van der Waals surface area contributed by atoms with Crippen molar-refractivity contribution in [3.63, 3.8) is 0 Å². The van der Waals surface area contributed by atoms with E-state index in [2.05, 4.69) is 98.9 Å². The third-order valence-electron chi connectivity index (χ3n) is 12.8. The fourth-order valence-electron chi connectivity index (χ4n) is 8.34. The van der Waals surface area contributed by atoms with Gasteiger partial charge in [0.1, 0.15) is 6.61 Å². The summed E-state index contributed by atoms with van der Waals surface area (Å²) in [5.74, 6) is -0.837. The normalized spacial score (nSPS) is 13.6. The second-order valence-electron chi connectivity index (χ2n) is 19.8. The third kappa shape index (κ3) is 58.3. The molecule has 0 aliphatic carbocycles. The lowest BCUT2D eigenvalue weighted by Gasteiger charge is -2.19. The molecule has 0 rings (SSSR count). The Bertz CT molecular complexity index is 1470. The van der Waals surface area contributed by atoms with Crippen LogP contribution in [-0.4, -0.2) is 49.3 Å². The van der Waals surface area contributed by atoms with Crippen molar-refractivity contribution in [3.8, 4) is 0 Å². The number of ether oxygens (including phenoxy) is 2. The number of phosphoric acid groups is 1. The summed E-state index contributed by atoms with van der Waals surface area (Å²) in [7, 11) is -4.39. The van der Waals surface area contributed by atoms with Crippen LogP contribution >= 0.6 is 7.82 Å². The van der Waals surface area contributed by atoms with Gasteiger partial charge in [-0.15, -0.1) is 0 Å². The Hall–Kier alpha value is -2.81. The number of nitrogens with two attached hydrogens (primary N) is 1.